The number of likely N-dealkylation sites (tertiary alicyclic amines) is 1. The lowest BCUT2D eigenvalue weighted by Crippen LogP contribution is -2.38. The van der Waals surface area contributed by atoms with Gasteiger partial charge in [0.15, 0.2) is 0 Å². The Kier molecular flexibility index (Phi) is 5.44. The summed E-state index contributed by atoms with van der Waals surface area (Å²) in [5.41, 5.74) is 6.91. The SMILES string of the molecule is COc1ccccc1N1CC(C(=O)N2CC3CCC(N)C3C2)CC1=O.Cl. The van der Waals surface area contributed by atoms with Gasteiger partial charge in [-0.1, -0.05) is 12.1 Å². The second-order valence-electron chi connectivity index (χ2n) is 7.49. The summed E-state index contributed by atoms with van der Waals surface area (Å²) in [5.74, 6) is 1.46. The second-order valence-corrected chi connectivity index (χ2v) is 7.49. The topological polar surface area (TPSA) is 75.9 Å². The molecule has 0 spiro atoms. The fourth-order valence-corrected chi connectivity index (χ4v) is 4.70. The Bertz CT molecular complexity index is 698. The molecular weight excluding hydrogens is 354 g/mol. The minimum Gasteiger partial charge on any atom is -0.495 e. The van der Waals surface area contributed by atoms with Crippen molar-refractivity contribution in [2.24, 2.45) is 23.5 Å². The van der Waals surface area contributed by atoms with E-state index in [-0.39, 0.29) is 42.6 Å². The Balaban J connectivity index is 0.00000196. The quantitative estimate of drug-likeness (QED) is 0.866. The highest BCUT2D eigenvalue weighted by atomic mass is 35.5. The fraction of sp³-hybridized carbons (Fsp3) is 0.579. The van der Waals surface area contributed by atoms with Crippen LogP contribution in [0.2, 0.25) is 0 Å². The largest absolute Gasteiger partial charge is 0.495 e. The van der Waals surface area contributed by atoms with E-state index in [1.807, 2.05) is 29.2 Å². The lowest BCUT2D eigenvalue weighted by atomic mass is 9.98. The highest BCUT2D eigenvalue weighted by Gasteiger charge is 2.45. The number of rotatable bonds is 3. The summed E-state index contributed by atoms with van der Waals surface area (Å²) in [7, 11) is 1.59. The third-order valence-corrected chi connectivity index (χ3v) is 6.07. The maximum absolute atomic E-state index is 12.9. The first-order valence-electron chi connectivity index (χ1n) is 9.06. The van der Waals surface area contributed by atoms with Crippen LogP contribution in [0.3, 0.4) is 0 Å². The third-order valence-electron chi connectivity index (χ3n) is 6.07. The van der Waals surface area contributed by atoms with Gasteiger partial charge in [0, 0.05) is 32.1 Å². The fourth-order valence-electron chi connectivity index (χ4n) is 4.70. The zero-order valence-electron chi connectivity index (χ0n) is 15.0. The molecule has 26 heavy (non-hydrogen) atoms. The summed E-state index contributed by atoms with van der Waals surface area (Å²) < 4.78 is 5.36. The van der Waals surface area contributed by atoms with Crippen LogP contribution in [0, 0.1) is 17.8 Å². The van der Waals surface area contributed by atoms with Crippen molar-refractivity contribution in [1.82, 2.24) is 4.90 Å². The van der Waals surface area contributed by atoms with E-state index in [0.717, 1.165) is 31.6 Å². The van der Waals surface area contributed by atoms with Gasteiger partial charge in [-0.05, 0) is 36.8 Å². The number of hydrogen-bond donors (Lipinski definition) is 1. The smallest absolute Gasteiger partial charge is 0.228 e. The number of para-hydroxylation sites is 2. The maximum Gasteiger partial charge on any atom is 0.228 e. The maximum atomic E-state index is 12.9. The average molecular weight is 380 g/mol. The van der Waals surface area contributed by atoms with E-state index in [0.29, 0.717) is 24.1 Å². The first-order valence-corrected chi connectivity index (χ1v) is 9.06. The van der Waals surface area contributed by atoms with Crippen molar-refractivity contribution < 1.29 is 14.3 Å². The number of hydrogen-bond acceptors (Lipinski definition) is 4. The van der Waals surface area contributed by atoms with E-state index in [9.17, 15) is 9.59 Å². The molecule has 0 aromatic heterocycles. The Morgan fingerprint density at radius 3 is 2.69 bits per heavy atom. The molecule has 1 aliphatic carbocycles. The minimum atomic E-state index is -0.271. The van der Waals surface area contributed by atoms with Gasteiger partial charge in [0.2, 0.25) is 11.8 Å². The molecule has 3 aliphatic rings. The number of nitrogens with two attached hydrogens (primary N) is 1. The van der Waals surface area contributed by atoms with Crippen LogP contribution in [0.1, 0.15) is 19.3 Å². The zero-order valence-corrected chi connectivity index (χ0v) is 15.8. The van der Waals surface area contributed by atoms with Crippen LogP contribution in [0.5, 0.6) is 5.75 Å². The number of carbonyl (C=O) groups excluding carboxylic acids is 2. The number of fused-ring (bicyclic) bond motifs is 1. The van der Waals surface area contributed by atoms with Crippen molar-refractivity contribution in [2.75, 3.05) is 31.6 Å². The molecule has 1 saturated carbocycles. The first-order chi connectivity index (χ1) is 12.1. The van der Waals surface area contributed by atoms with E-state index in [2.05, 4.69) is 0 Å². The van der Waals surface area contributed by atoms with Gasteiger partial charge in [0.05, 0.1) is 18.7 Å². The van der Waals surface area contributed by atoms with Crippen LogP contribution < -0.4 is 15.4 Å². The molecule has 2 saturated heterocycles. The van der Waals surface area contributed by atoms with Crippen LogP contribution in [0.25, 0.3) is 0 Å². The summed E-state index contributed by atoms with van der Waals surface area (Å²) >= 11 is 0. The van der Waals surface area contributed by atoms with E-state index >= 15 is 0 Å². The summed E-state index contributed by atoms with van der Waals surface area (Å²) in [6.07, 6.45) is 2.46. The number of methoxy groups -OCH3 is 1. The Morgan fingerprint density at radius 1 is 1.19 bits per heavy atom. The number of benzene rings is 1. The van der Waals surface area contributed by atoms with Gasteiger partial charge in [-0.2, -0.15) is 0 Å². The highest BCUT2D eigenvalue weighted by molar-refractivity contribution is 6.01. The van der Waals surface area contributed by atoms with E-state index < -0.39 is 0 Å². The van der Waals surface area contributed by atoms with Crippen molar-refractivity contribution in [2.45, 2.75) is 25.3 Å². The van der Waals surface area contributed by atoms with Gasteiger partial charge in [0.1, 0.15) is 5.75 Å². The number of nitrogens with zero attached hydrogens (tertiary/aromatic N) is 2. The molecule has 1 aromatic rings. The minimum absolute atomic E-state index is 0. The van der Waals surface area contributed by atoms with Crippen molar-refractivity contribution in [1.29, 1.82) is 0 Å². The molecule has 0 radical (unpaired) electrons. The zero-order chi connectivity index (χ0) is 17.6. The van der Waals surface area contributed by atoms with Gasteiger partial charge in [0.25, 0.3) is 0 Å². The Labute approximate surface area is 160 Å². The molecule has 2 N–H and O–H groups in total. The molecular formula is C19H26ClN3O3. The first kappa shape index (κ1) is 19.0. The molecule has 0 bridgehead atoms. The predicted molar refractivity (Wildman–Crippen MR) is 101 cm³/mol. The third kappa shape index (κ3) is 3.16. The van der Waals surface area contributed by atoms with Crippen LogP contribution >= 0.6 is 12.4 Å². The lowest BCUT2D eigenvalue weighted by Gasteiger charge is -2.23. The van der Waals surface area contributed by atoms with Crippen molar-refractivity contribution >= 4 is 29.9 Å². The van der Waals surface area contributed by atoms with E-state index in [4.69, 9.17) is 10.5 Å². The van der Waals surface area contributed by atoms with Crippen LogP contribution in [-0.4, -0.2) is 49.5 Å². The predicted octanol–water partition coefficient (Wildman–Crippen LogP) is 1.67. The summed E-state index contributed by atoms with van der Waals surface area (Å²) in [6, 6.07) is 7.67. The van der Waals surface area contributed by atoms with Crippen molar-refractivity contribution in [3.05, 3.63) is 24.3 Å². The molecule has 6 nitrogen and oxygen atoms in total. The Morgan fingerprint density at radius 2 is 1.96 bits per heavy atom. The molecule has 4 atom stereocenters. The molecule has 2 amide bonds. The van der Waals surface area contributed by atoms with Gasteiger partial charge in [-0.3, -0.25) is 9.59 Å². The normalized spacial score (nSPS) is 30.3. The number of halogens is 1. The molecule has 2 heterocycles. The summed E-state index contributed by atoms with van der Waals surface area (Å²) in [6.45, 7) is 1.98. The lowest BCUT2D eigenvalue weighted by molar-refractivity contribution is -0.135. The standard InChI is InChI=1S/C19H25N3O3.ClH/c1-25-17-5-3-2-4-16(17)22-10-13(8-18(22)23)19(24)21-9-12-6-7-15(20)14(12)11-21;/h2-5,12-15H,6-11,20H2,1H3;1H. The molecule has 3 fully saturated rings. The number of anilines is 1. The van der Waals surface area contributed by atoms with Crippen LogP contribution in [-0.2, 0) is 9.59 Å². The molecule has 4 unspecified atom stereocenters. The van der Waals surface area contributed by atoms with Crippen LogP contribution in [0.15, 0.2) is 24.3 Å². The monoisotopic (exact) mass is 379 g/mol. The van der Waals surface area contributed by atoms with Crippen molar-refractivity contribution in [3.8, 4) is 5.75 Å². The number of ether oxygens (including phenoxy) is 1. The van der Waals surface area contributed by atoms with E-state index in [1.54, 1.807) is 12.0 Å². The number of amides is 2. The van der Waals surface area contributed by atoms with Gasteiger partial charge in [-0.15, -0.1) is 12.4 Å². The van der Waals surface area contributed by atoms with Crippen molar-refractivity contribution in [3.63, 3.8) is 0 Å². The number of carbonyl (C=O) groups is 2. The van der Waals surface area contributed by atoms with Gasteiger partial charge < -0.3 is 20.3 Å². The Hall–Kier alpha value is -1.79. The molecule has 2 aliphatic heterocycles. The summed E-state index contributed by atoms with van der Waals surface area (Å²) in [5, 5.41) is 0. The average Bonchev–Trinajstić information content (AvgIpc) is 3.30. The molecule has 142 valence electrons. The van der Waals surface area contributed by atoms with Gasteiger partial charge in [-0.25, -0.2) is 0 Å². The van der Waals surface area contributed by atoms with E-state index in [1.165, 1.54) is 0 Å². The summed E-state index contributed by atoms with van der Waals surface area (Å²) in [4.78, 5) is 29.1. The van der Waals surface area contributed by atoms with Gasteiger partial charge >= 0.3 is 0 Å². The second kappa shape index (κ2) is 7.45. The molecule has 1 aromatic carbocycles. The highest BCUT2D eigenvalue weighted by Crippen LogP contribution is 2.39. The molecule has 4 rings (SSSR count). The molecule has 7 heteroatoms. The van der Waals surface area contributed by atoms with Crippen LogP contribution in [0.4, 0.5) is 5.69 Å².